The van der Waals surface area contributed by atoms with Crippen molar-refractivity contribution in [3.8, 4) is 0 Å². The van der Waals surface area contributed by atoms with Crippen molar-refractivity contribution >= 4 is 5.97 Å². The van der Waals surface area contributed by atoms with Crippen molar-refractivity contribution in [1.29, 1.82) is 0 Å². The van der Waals surface area contributed by atoms with Crippen LogP contribution in [0.25, 0.3) is 0 Å². The maximum atomic E-state index is 10.5. The maximum absolute atomic E-state index is 10.5. The molecule has 0 aliphatic carbocycles. The average molecular weight is 335 g/mol. The van der Waals surface area contributed by atoms with Gasteiger partial charge in [0.2, 0.25) is 0 Å². The van der Waals surface area contributed by atoms with Gasteiger partial charge in [-0.3, -0.25) is 4.79 Å². The molecule has 0 unspecified atom stereocenters. The van der Waals surface area contributed by atoms with Gasteiger partial charge < -0.3 is 9.84 Å². The minimum atomic E-state index is -0.698. The standard InChI is InChI=1S/C21H34O3/c1-2-3-4-5-6-9-12-17-18(20-16-15-19(17)24-20)13-10-7-8-11-14-21(22)23/h6-7,9-10,17-20H,2-5,8,11-16H2,1H3,(H,22,23)/b9-6+,10-7-/t17-,18+,19-,20+/m1/s1. The zero-order valence-corrected chi connectivity index (χ0v) is 15.2. The number of aliphatic carboxylic acids is 1. The van der Waals surface area contributed by atoms with Crippen LogP contribution in [0.1, 0.15) is 77.6 Å². The van der Waals surface area contributed by atoms with Crippen LogP contribution >= 0.6 is 0 Å². The minimum Gasteiger partial charge on any atom is -0.481 e. The summed E-state index contributed by atoms with van der Waals surface area (Å²) in [5.41, 5.74) is 0. The molecule has 0 radical (unpaired) electrons. The Morgan fingerprint density at radius 2 is 1.54 bits per heavy atom. The smallest absolute Gasteiger partial charge is 0.303 e. The van der Waals surface area contributed by atoms with Gasteiger partial charge in [-0.25, -0.2) is 0 Å². The Labute approximate surface area is 147 Å². The van der Waals surface area contributed by atoms with Gasteiger partial charge in [-0.1, -0.05) is 44.1 Å². The molecule has 2 heterocycles. The molecule has 2 saturated heterocycles. The molecule has 2 aliphatic heterocycles. The van der Waals surface area contributed by atoms with Crippen molar-refractivity contribution in [3.05, 3.63) is 24.3 Å². The molecule has 0 aromatic rings. The first-order valence-electron chi connectivity index (χ1n) is 9.89. The molecule has 0 amide bonds. The third-order valence-corrected chi connectivity index (χ3v) is 5.48. The van der Waals surface area contributed by atoms with Crippen LogP contribution in [-0.2, 0) is 9.53 Å². The lowest BCUT2D eigenvalue weighted by Crippen LogP contribution is -2.26. The fourth-order valence-corrected chi connectivity index (χ4v) is 4.15. The molecule has 2 rings (SSSR count). The van der Waals surface area contributed by atoms with Gasteiger partial charge in [0.1, 0.15) is 0 Å². The van der Waals surface area contributed by atoms with Gasteiger partial charge in [0.25, 0.3) is 0 Å². The third-order valence-electron chi connectivity index (χ3n) is 5.48. The molecular formula is C21H34O3. The number of carboxylic acids is 1. The SMILES string of the molecule is CCCCC/C=C/C[C@@H]1[C@H](C/C=C\CCCC(=O)O)[C@@H]2CC[C@H]1O2. The Bertz CT molecular complexity index is 427. The molecule has 24 heavy (non-hydrogen) atoms. The molecule has 2 bridgehead atoms. The topological polar surface area (TPSA) is 46.5 Å². The number of unbranched alkanes of at least 4 members (excludes halogenated alkanes) is 4. The van der Waals surface area contributed by atoms with E-state index in [0.29, 0.717) is 24.0 Å². The van der Waals surface area contributed by atoms with Gasteiger partial charge in [-0.2, -0.15) is 0 Å². The van der Waals surface area contributed by atoms with Crippen LogP contribution in [0.4, 0.5) is 0 Å². The van der Waals surface area contributed by atoms with E-state index >= 15 is 0 Å². The quantitative estimate of drug-likeness (QED) is 0.378. The van der Waals surface area contributed by atoms with E-state index in [-0.39, 0.29) is 6.42 Å². The monoisotopic (exact) mass is 334 g/mol. The van der Waals surface area contributed by atoms with Crippen LogP contribution in [0.3, 0.4) is 0 Å². The highest BCUT2D eigenvalue weighted by molar-refractivity contribution is 5.66. The highest BCUT2D eigenvalue weighted by atomic mass is 16.5. The largest absolute Gasteiger partial charge is 0.481 e. The normalized spacial score (nSPS) is 29.2. The zero-order valence-electron chi connectivity index (χ0n) is 15.2. The summed E-state index contributed by atoms with van der Waals surface area (Å²) in [6, 6.07) is 0. The van der Waals surface area contributed by atoms with E-state index in [2.05, 4.69) is 31.2 Å². The number of carboxylic acid groups (broad SMARTS) is 1. The summed E-state index contributed by atoms with van der Waals surface area (Å²) in [5, 5.41) is 8.65. The van der Waals surface area contributed by atoms with E-state index in [0.717, 1.165) is 25.7 Å². The van der Waals surface area contributed by atoms with Crippen LogP contribution in [0.5, 0.6) is 0 Å². The summed E-state index contributed by atoms with van der Waals surface area (Å²) in [6.45, 7) is 2.25. The van der Waals surface area contributed by atoms with Crippen molar-refractivity contribution in [3.63, 3.8) is 0 Å². The first kappa shape index (κ1) is 19.2. The molecule has 3 heteroatoms. The summed E-state index contributed by atoms with van der Waals surface area (Å²) in [6.07, 6.45) is 21.8. The second-order valence-electron chi connectivity index (χ2n) is 7.31. The molecule has 136 valence electrons. The number of rotatable bonds is 12. The van der Waals surface area contributed by atoms with Gasteiger partial charge in [0.05, 0.1) is 12.2 Å². The fraction of sp³-hybridized carbons (Fsp3) is 0.762. The zero-order chi connectivity index (χ0) is 17.2. The Kier molecular flexibility index (Phi) is 8.58. The fourth-order valence-electron chi connectivity index (χ4n) is 4.15. The van der Waals surface area contributed by atoms with E-state index in [9.17, 15) is 4.79 Å². The van der Waals surface area contributed by atoms with Gasteiger partial charge in [-0.15, -0.1) is 0 Å². The number of ether oxygens (including phenoxy) is 1. The van der Waals surface area contributed by atoms with E-state index in [1.54, 1.807) is 0 Å². The Morgan fingerprint density at radius 3 is 2.08 bits per heavy atom. The Hall–Kier alpha value is -1.09. The molecule has 0 saturated carbocycles. The van der Waals surface area contributed by atoms with Gasteiger partial charge in [0, 0.05) is 6.42 Å². The first-order valence-corrected chi connectivity index (χ1v) is 9.89. The Morgan fingerprint density at radius 1 is 0.958 bits per heavy atom. The lowest BCUT2D eigenvalue weighted by molar-refractivity contribution is -0.137. The van der Waals surface area contributed by atoms with E-state index < -0.39 is 5.97 Å². The average Bonchev–Trinajstić information content (AvgIpc) is 3.15. The number of allylic oxidation sites excluding steroid dienone is 4. The highest BCUT2D eigenvalue weighted by Gasteiger charge is 2.47. The molecule has 2 fully saturated rings. The highest BCUT2D eigenvalue weighted by Crippen LogP contribution is 2.46. The van der Waals surface area contributed by atoms with Crippen molar-refractivity contribution in [2.45, 2.75) is 89.8 Å². The summed E-state index contributed by atoms with van der Waals surface area (Å²) >= 11 is 0. The summed E-state index contributed by atoms with van der Waals surface area (Å²) < 4.78 is 6.16. The van der Waals surface area contributed by atoms with Crippen LogP contribution < -0.4 is 0 Å². The molecule has 2 aliphatic rings. The number of hydrogen-bond donors (Lipinski definition) is 1. The molecule has 0 aromatic carbocycles. The van der Waals surface area contributed by atoms with E-state index in [1.165, 1.54) is 38.5 Å². The second kappa shape index (κ2) is 10.7. The summed E-state index contributed by atoms with van der Waals surface area (Å²) in [7, 11) is 0. The molecule has 1 N–H and O–H groups in total. The summed E-state index contributed by atoms with van der Waals surface area (Å²) in [4.78, 5) is 10.5. The van der Waals surface area contributed by atoms with Gasteiger partial charge in [0.15, 0.2) is 0 Å². The molecular weight excluding hydrogens is 300 g/mol. The Balaban J connectivity index is 1.71. The first-order chi connectivity index (χ1) is 11.7. The third kappa shape index (κ3) is 6.08. The number of fused-ring (bicyclic) bond motifs is 2. The van der Waals surface area contributed by atoms with Crippen LogP contribution in [0, 0.1) is 11.8 Å². The molecule has 4 atom stereocenters. The van der Waals surface area contributed by atoms with Gasteiger partial charge >= 0.3 is 5.97 Å². The molecule has 3 nitrogen and oxygen atoms in total. The molecule has 0 spiro atoms. The molecule has 0 aromatic heterocycles. The predicted octanol–water partition coefficient (Wildman–Crippen LogP) is 5.51. The minimum absolute atomic E-state index is 0.271. The van der Waals surface area contributed by atoms with E-state index in [4.69, 9.17) is 9.84 Å². The lowest BCUT2D eigenvalue weighted by Gasteiger charge is -2.26. The van der Waals surface area contributed by atoms with Crippen molar-refractivity contribution < 1.29 is 14.6 Å². The predicted molar refractivity (Wildman–Crippen MR) is 98.0 cm³/mol. The van der Waals surface area contributed by atoms with Crippen molar-refractivity contribution in [2.75, 3.05) is 0 Å². The van der Waals surface area contributed by atoms with Crippen molar-refractivity contribution in [1.82, 2.24) is 0 Å². The van der Waals surface area contributed by atoms with Crippen LogP contribution in [-0.4, -0.2) is 23.3 Å². The van der Waals surface area contributed by atoms with Crippen molar-refractivity contribution in [2.24, 2.45) is 11.8 Å². The number of hydrogen-bond acceptors (Lipinski definition) is 2. The van der Waals surface area contributed by atoms with Crippen LogP contribution in [0.15, 0.2) is 24.3 Å². The second-order valence-corrected chi connectivity index (χ2v) is 7.31. The maximum Gasteiger partial charge on any atom is 0.303 e. The lowest BCUT2D eigenvalue weighted by atomic mass is 9.76. The number of carbonyl (C=O) groups is 1. The summed E-state index contributed by atoms with van der Waals surface area (Å²) in [5.74, 6) is 0.630. The van der Waals surface area contributed by atoms with Crippen LogP contribution in [0.2, 0.25) is 0 Å². The van der Waals surface area contributed by atoms with E-state index in [1.807, 2.05) is 0 Å². The van der Waals surface area contributed by atoms with Gasteiger partial charge in [-0.05, 0) is 63.2 Å².